The van der Waals surface area contributed by atoms with Crippen LogP contribution in [0.2, 0.25) is 0 Å². The van der Waals surface area contributed by atoms with Gasteiger partial charge in [-0.2, -0.15) is 0 Å². The smallest absolute Gasteiger partial charge is 0.321 e. The van der Waals surface area contributed by atoms with Crippen molar-refractivity contribution in [3.63, 3.8) is 0 Å². The maximum Gasteiger partial charge on any atom is 0.321 e. The zero-order valence-corrected chi connectivity index (χ0v) is 14.8. The minimum absolute atomic E-state index is 0.00896. The quantitative estimate of drug-likeness (QED) is 0.927. The van der Waals surface area contributed by atoms with E-state index in [-0.39, 0.29) is 12.1 Å². The second kappa shape index (κ2) is 8.31. The molecule has 2 rings (SSSR count). The molecular formula is C18H29N3O2. The SMILES string of the molecule is Cc1c(COC(C)C)cccc1NC(=O)N1CCCN(C)CC1. The number of anilines is 1. The van der Waals surface area contributed by atoms with E-state index in [1.807, 2.05) is 43.9 Å². The van der Waals surface area contributed by atoms with E-state index in [9.17, 15) is 4.79 Å². The Morgan fingerprint density at radius 1 is 1.26 bits per heavy atom. The summed E-state index contributed by atoms with van der Waals surface area (Å²) in [6.07, 6.45) is 1.22. The summed E-state index contributed by atoms with van der Waals surface area (Å²) in [5.74, 6) is 0. The van der Waals surface area contributed by atoms with Gasteiger partial charge in [0.05, 0.1) is 12.7 Å². The molecule has 0 atom stereocenters. The van der Waals surface area contributed by atoms with Gasteiger partial charge in [0.1, 0.15) is 0 Å². The number of nitrogens with one attached hydrogen (secondary N) is 1. The molecule has 1 fully saturated rings. The lowest BCUT2D eigenvalue weighted by Gasteiger charge is -2.22. The molecule has 1 heterocycles. The molecule has 1 saturated heterocycles. The van der Waals surface area contributed by atoms with E-state index < -0.39 is 0 Å². The molecule has 1 aliphatic heterocycles. The van der Waals surface area contributed by atoms with Crippen molar-refractivity contribution in [2.24, 2.45) is 0 Å². The summed E-state index contributed by atoms with van der Waals surface area (Å²) in [5.41, 5.74) is 3.07. The Morgan fingerprint density at radius 3 is 2.78 bits per heavy atom. The van der Waals surface area contributed by atoms with Gasteiger partial charge < -0.3 is 19.9 Å². The number of hydrogen-bond acceptors (Lipinski definition) is 3. The lowest BCUT2D eigenvalue weighted by molar-refractivity contribution is 0.0654. The molecule has 0 unspecified atom stereocenters. The van der Waals surface area contributed by atoms with Gasteiger partial charge in [-0.3, -0.25) is 0 Å². The summed E-state index contributed by atoms with van der Waals surface area (Å²) in [7, 11) is 2.10. The van der Waals surface area contributed by atoms with Crippen molar-refractivity contribution in [2.75, 3.05) is 38.5 Å². The van der Waals surface area contributed by atoms with Crippen LogP contribution in [0.3, 0.4) is 0 Å². The van der Waals surface area contributed by atoms with E-state index in [1.54, 1.807) is 0 Å². The van der Waals surface area contributed by atoms with Crippen LogP contribution in [0.5, 0.6) is 0 Å². The number of rotatable bonds is 4. The Kier molecular flexibility index (Phi) is 6.42. The Labute approximate surface area is 139 Å². The highest BCUT2D eigenvalue weighted by atomic mass is 16.5. The number of carbonyl (C=O) groups is 1. The van der Waals surface area contributed by atoms with E-state index in [0.717, 1.165) is 49.4 Å². The van der Waals surface area contributed by atoms with Gasteiger partial charge in [0.25, 0.3) is 0 Å². The van der Waals surface area contributed by atoms with Gasteiger partial charge in [-0.1, -0.05) is 12.1 Å². The van der Waals surface area contributed by atoms with Gasteiger partial charge in [0.15, 0.2) is 0 Å². The summed E-state index contributed by atoms with van der Waals surface area (Å²) in [6.45, 7) is 10.2. The molecule has 1 aromatic carbocycles. The lowest BCUT2D eigenvalue weighted by atomic mass is 10.1. The fourth-order valence-electron chi connectivity index (χ4n) is 2.68. The zero-order valence-electron chi connectivity index (χ0n) is 14.8. The van der Waals surface area contributed by atoms with Crippen LogP contribution in [0.4, 0.5) is 10.5 Å². The Morgan fingerprint density at radius 2 is 2.04 bits per heavy atom. The Hall–Kier alpha value is -1.59. The first-order chi connectivity index (χ1) is 11.0. The summed E-state index contributed by atoms with van der Waals surface area (Å²) in [5, 5.41) is 3.06. The first kappa shape index (κ1) is 17.8. The molecule has 23 heavy (non-hydrogen) atoms. The van der Waals surface area contributed by atoms with Crippen LogP contribution in [0.25, 0.3) is 0 Å². The average Bonchev–Trinajstić information content (AvgIpc) is 2.72. The molecule has 0 bridgehead atoms. The summed E-state index contributed by atoms with van der Waals surface area (Å²) < 4.78 is 5.68. The minimum atomic E-state index is -0.00896. The first-order valence-corrected chi connectivity index (χ1v) is 8.42. The summed E-state index contributed by atoms with van der Waals surface area (Å²) in [6, 6.07) is 5.97. The average molecular weight is 319 g/mol. The van der Waals surface area contributed by atoms with E-state index in [0.29, 0.717) is 6.61 Å². The largest absolute Gasteiger partial charge is 0.374 e. The topological polar surface area (TPSA) is 44.8 Å². The normalized spacial score (nSPS) is 16.5. The molecule has 128 valence electrons. The molecule has 1 aromatic rings. The zero-order chi connectivity index (χ0) is 16.8. The Bertz CT molecular complexity index is 531. The molecule has 0 radical (unpaired) electrons. The highest BCUT2D eigenvalue weighted by molar-refractivity contribution is 5.90. The van der Waals surface area contributed by atoms with Crippen LogP contribution in [0.1, 0.15) is 31.4 Å². The molecule has 0 spiro atoms. The lowest BCUT2D eigenvalue weighted by Crippen LogP contribution is -2.37. The monoisotopic (exact) mass is 319 g/mol. The van der Waals surface area contributed by atoms with E-state index >= 15 is 0 Å². The molecule has 0 aromatic heterocycles. The van der Waals surface area contributed by atoms with Crippen LogP contribution in [-0.2, 0) is 11.3 Å². The van der Waals surface area contributed by atoms with Gasteiger partial charge in [0, 0.05) is 25.3 Å². The van der Waals surface area contributed by atoms with Crippen LogP contribution >= 0.6 is 0 Å². The number of urea groups is 1. The molecule has 0 saturated carbocycles. The first-order valence-electron chi connectivity index (χ1n) is 8.42. The number of nitrogens with zero attached hydrogens (tertiary/aromatic N) is 2. The van der Waals surface area contributed by atoms with Gasteiger partial charge in [-0.25, -0.2) is 4.79 Å². The van der Waals surface area contributed by atoms with Crippen molar-refractivity contribution in [2.45, 2.75) is 39.9 Å². The van der Waals surface area contributed by atoms with Gasteiger partial charge in [0.2, 0.25) is 0 Å². The van der Waals surface area contributed by atoms with Crippen molar-refractivity contribution in [1.29, 1.82) is 0 Å². The van der Waals surface area contributed by atoms with E-state index in [4.69, 9.17) is 4.74 Å². The van der Waals surface area contributed by atoms with Crippen LogP contribution in [0.15, 0.2) is 18.2 Å². The molecule has 5 nitrogen and oxygen atoms in total. The van der Waals surface area contributed by atoms with Crippen molar-refractivity contribution in [3.8, 4) is 0 Å². The van der Waals surface area contributed by atoms with E-state index in [1.165, 1.54) is 0 Å². The molecule has 0 aliphatic carbocycles. The Balaban J connectivity index is 2.01. The van der Waals surface area contributed by atoms with Gasteiger partial charge >= 0.3 is 6.03 Å². The summed E-state index contributed by atoms with van der Waals surface area (Å²) >= 11 is 0. The number of amides is 2. The standard InChI is InChI=1S/C18H29N3O2/c1-14(2)23-13-16-7-5-8-17(15(16)3)19-18(22)21-10-6-9-20(4)11-12-21/h5,7-8,14H,6,9-13H2,1-4H3,(H,19,22). The van der Waals surface area contributed by atoms with Gasteiger partial charge in [-0.05, 0) is 58.0 Å². The number of benzene rings is 1. The predicted octanol–water partition coefficient (Wildman–Crippen LogP) is 3.09. The maximum absolute atomic E-state index is 12.5. The molecule has 1 aliphatic rings. The van der Waals surface area contributed by atoms with Crippen molar-refractivity contribution in [1.82, 2.24) is 9.80 Å². The highest BCUT2D eigenvalue weighted by Crippen LogP contribution is 2.21. The fraction of sp³-hybridized carbons (Fsp3) is 0.611. The molecule has 5 heteroatoms. The third kappa shape index (κ3) is 5.22. The minimum Gasteiger partial charge on any atom is -0.374 e. The molecule has 2 amide bonds. The van der Waals surface area contributed by atoms with Crippen molar-refractivity contribution in [3.05, 3.63) is 29.3 Å². The number of carbonyl (C=O) groups excluding carboxylic acids is 1. The third-order valence-corrected chi connectivity index (χ3v) is 4.27. The predicted molar refractivity (Wildman–Crippen MR) is 93.8 cm³/mol. The summed E-state index contributed by atoms with van der Waals surface area (Å²) in [4.78, 5) is 16.7. The second-order valence-electron chi connectivity index (χ2n) is 6.52. The van der Waals surface area contributed by atoms with Gasteiger partial charge in [-0.15, -0.1) is 0 Å². The highest BCUT2D eigenvalue weighted by Gasteiger charge is 2.18. The number of hydrogen-bond donors (Lipinski definition) is 1. The van der Waals surface area contributed by atoms with Crippen molar-refractivity contribution >= 4 is 11.7 Å². The third-order valence-electron chi connectivity index (χ3n) is 4.27. The number of ether oxygens (including phenoxy) is 1. The van der Waals surface area contributed by atoms with Crippen LogP contribution in [-0.4, -0.2) is 55.2 Å². The maximum atomic E-state index is 12.5. The fourth-order valence-corrected chi connectivity index (χ4v) is 2.68. The second-order valence-corrected chi connectivity index (χ2v) is 6.52. The van der Waals surface area contributed by atoms with E-state index in [2.05, 4.69) is 17.3 Å². The number of likely N-dealkylation sites (N-methyl/N-ethyl adjacent to an activating group) is 1. The molecule has 1 N–H and O–H groups in total. The van der Waals surface area contributed by atoms with Crippen LogP contribution < -0.4 is 5.32 Å². The molecular weight excluding hydrogens is 290 g/mol. The van der Waals surface area contributed by atoms with Crippen LogP contribution in [0, 0.1) is 6.92 Å². The van der Waals surface area contributed by atoms with Crippen molar-refractivity contribution < 1.29 is 9.53 Å².